The fraction of sp³-hybridized carbons (Fsp3) is 0.111. The topological polar surface area (TPSA) is 39.2 Å². The van der Waals surface area contributed by atoms with Crippen molar-refractivity contribution >= 4 is 16.9 Å². The minimum atomic E-state index is -0.359. The third kappa shape index (κ3) is 2.77. The van der Waals surface area contributed by atoms with E-state index in [0.29, 0.717) is 11.3 Å². The van der Waals surface area contributed by atoms with Crippen LogP contribution in [0.5, 0.6) is 5.75 Å². The zero-order valence-corrected chi connectivity index (χ0v) is 12.0. The molecule has 0 saturated carbocycles. The number of ether oxygens (including phenoxy) is 1. The minimum absolute atomic E-state index is 0.359. The van der Waals surface area contributed by atoms with Gasteiger partial charge >= 0.3 is 5.97 Å². The number of rotatable bonds is 2. The van der Waals surface area contributed by atoms with Crippen molar-refractivity contribution in [3.8, 4) is 5.75 Å². The first-order valence-corrected chi connectivity index (χ1v) is 6.79. The maximum atomic E-state index is 12.4. The monoisotopic (exact) mass is 277 g/mol. The zero-order chi connectivity index (χ0) is 14.8. The Labute approximate surface area is 123 Å². The van der Waals surface area contributed by atoms with Crippen molar-refractivity contribution in [2.45, 2.75) is 13.8 Å². The highest BCUT2D eigenvalue weighted by Gasteiger charge is 2.14. The fourth-order valence-electron chi connectivity index (χ4n) is 2.29. The number of aromatic nitrogens is 1. The average molecular weight is 277 g/mol. The molecule has 3 rings (SSSR count). The first-order valence-electron chi connectivity index (χ1n) is 6.79. The molecule has 0 saturated heterocycles. The Morgan fingerprint density at radius 3 is 2.52 bits per heavy atom. The van der Waals surface area contributed by atoms with Gasteiger partial charge in [0.05, 0.1) is 11.1 Å². The van der Waals surface area contributed by atoms with Gasteiger partial charge in [-0.15, -0.1) is 0 Å². The minimum Gasteiger partial charge on any atom is -0.423 e. The Bertz CT molecular complexity index is 810. The lowest BCUT2D eigenvalue weighted by molar-refractivity contribution is 0.0736. The van der Waals surface area contributed by atoms with Crippen molar-refractivity contribution in [3.05, 3.63) is 71.4 Å². The van der Waals surface area contributed by atoms with Gasteiger partial charge < -0.3 is 4.74 Å². The number of carbonyl (C=O) groups is 1. The summed E-state index contributed by atoms with van der Waals surface area (Å²) in [6, 6.07) is 16.7. The molecule has 3 nitrogen and oxygen atoms in total. The maximum absolute atomic E-state index is 12.4. The number of nitrogens with zero attached hydrogens (tertiary/aromatic N) is 1. The van der Waals surface area contributed by atoms with Gasteiger partial charge in [-0.05, 0) is 44.2 Å². The molecular formula is C18H15NO2. The van der Waals surface area contributed by atoms with Crippen LogP contribution in [-0.4, -0.2) is 11.0 Å². The molecule has 0 atom stereocenters. The average Bonchev–Trinajstić information content (AvgIpc) is 2.48. The van der Waals surface area contributed by atoms with E-state index in [1.54, 1.807) is 18.2 Å². The van der Waals surface area contributed by atoms with Crippen LogP contribution in [0.25, 0.3) is 10.9 Å². The van der Waals surface area contributed by atoms with Crippen molar-refractivity contribution < 1.29 is 9.53 Å². The lowest BCUT2D eigenvalue weighted by Crippen LogP contribution is -2.10. The van der Waals surface area contributed by atoms with Gasteiger partial charge in [-0.25, -0.2) is 4.79 Å². The van der Waals surface area contributed by atoms with Gasteiger partial charge in [-0.3, -0.25) is 4.98 Å². The molecule has 0 amide bonds. The number of esters is 1. The second kappa shape index (κ2) is 5.37. The summed E-state index contributed by atoms with van der Waals surface area (Å²) in [5.74, 6) is 0.181. The number of hydrogen-bond donors (Lipinski definition) is 0. The Morgan fingerprint density at radius 1 is 1.00 bits per heavy atom. The quantitative estimate of drug-likeness (QED) is 0.523. The molecule has 1 aromatic heterocycles. The van der Waals surface area contributed by atoms with Crippen molar-refractivity contribution in [2.75, 3.05) is 0 Å². The van der Waals surface area contributed by atoms with Crippen molar-refractivity contribution in [1.82, 2.24) is 4.98 Å². The normalized spacial score (nSPS) is 10.6. The number of aryl methyl sites for hydroxylation is 2. The van der Waals surface area contributed by atoms with Crippen LogP contribution in [0.15, 0.2) is 54.6 Å². The summed E-state index contributed by atoms with van der Waals surface area (Å²) in [6.07, 6.45) is 0. The van der Waals surface area contributed by atoms with Crippen LogP contribution in [0, 0.1) is 13.8 Å². The summed E-state index contributed by atoms with van der Waals surface area (Å²) in [6.45, 7) is 3.87. The molecule has 2 aromatic carbocycles. The summed E-state index contributed by atoms with van der Waals surface area (Å²) in [4.78, 5) is 16.9. The molecule has 0 spiro atoms. The van der Waals surface area contributed by atoms with Crippen LogP contribution in [0.1, 0.15) is 21.6 Å². The van der Waals surface area contributed by atoms with Gasteiger partial charge in [-0.1, -0.05) is 29.8 Å². The summed E-state index contributed by atoms with van der Waals surface area (Å²) < 4.78 is 5.44. The fourth-order valence-corrected chi connectivity index (χ4v) is 2.29. The number of pyridine rings is 1. The number of hydrogen-bond acceptors (Lipinski definition) is 3. The van der Waals surface area contributed by atoms with Gasteiger partial charge in [0.1, 0.15) is 5.75 Å². The van der Waals surface area contributed by atoms with E-state index in [-0.39, 0.29) is 5.97 Å². The van der Waals surface area contributed by atoms with Crippen molar-refractivity contribution in [2.24, 2.45) is 0 Å². The summed E-state index contributed by atoms with van der Waals surface area (Å²) in [5, 5.41) is 0.821. The molecule has 0 aliphatic heterocycles. The van der Waals surface area contributed by atoms with Gasteiger partial charge in [-0.2, -0.15) is 0 Å². The highest BCUT2D eigenvalue weighted by atomic mass is 16.5. The third-order valence-corrected chi connectivity index (χ3v) is 3.27. The maximum Gasteiger partial charge on any atom is 0.344 e. The highest BCUT2D eigenvalue weighted by Crippen LogP contribution is 2.22. The molecule has 0 aliphatic carbocycles. The summed E-state index contributed by atoms with van der Waals surface area (Å²) in [5.41, 5.74) is 3.24. The lowest BCUT2D eigenvalue weighted by atomic mass is 10.1. The van der Waals surface area contributed by atoms with E-state index in [1.165, 1.54) is 0 Å². The smallest absolute Gasteiger partial charge is 0.344 e. The van der Waals surface area contributed by atoms with Gasteiger partial charge in [0.25, 0.3) is 0 Å². The molecule has 0 unspecified atom stereocenters. The molecule has 104 valence electrons. The predicted molar refractivity (Wildman–Crippen MR) is 82.6 cm³/mol. The molecule has 0 fully saturated rings. The Kier molecular flexibility index (Phi) is 3.40. The third-order valence-electron chi connectivity index (χ3n) is 3.27. The van der Waals surface area contributed by atoms with Crippen LogP contribution < -0.4 is 4.74 Å². The van der Waals surface area contributed by atoms with Crippen LogP contribution >= 0.6 is 0 Å². The molecule has 3 aromatic rings. The first-order chi connectivity index (χ1) is 10.1. The van der Waals surface area contributed by atoms with E-state index in [2.05, 4.69) is 4.98 Å². The number of benzene rings is 2. The molecule has 0 radical (unpaired) electrons. The molecule has 0 aliphatic rings. The predicted octanol–water partition coefficient (Wildman–Crippen LogP) is 4.07. The van der Waals surface area contributed by atoms with Gasteiger partial charge in [0, 0.05) is 11.1 Å². The van der Waals surface area contributed by atoms with E-state index in [0.717, 1.165) is 22.2 Å². The van der Waals surface area contributed by atoms with E-state index < -0.39 is 0 Å². The highest BCUT2D eigenvalue weighted by molar-refractivity contribution is 6.04. The SMILES string of the molecule is Cc1ccc2nc(C)cc(C(=O)Oc3ccccc3)c2c1. The second-order valence-electron chi connectivity index (χ2n) is 5.03. The van der Waals surface area contributed by atoms with Gasteiger partial charge in [0.2, 0.25) is 0 Å². The Morgan fingerprint density at radius 2 is 1.76 bits per heavy atom. The van der Waals surface area contributed by atoms with Crippen LogP contribution in [0.4, 0.5) is 0 Å². The molecule has 21 heavy (non-hydrogen) atoms. The summed E-state index contributed by atoms with van der Waals surface area (Å²) >= 11 is 0. The van der Waals surface area contributed by atoms with Crippen molar-refractivity contribution in [3.63, 3.8) is 0 Å². The number of fused-ring (bicyclic) bond motifs is 1. The number of para-hydroxylation sites is 1. The zero-order valence-electron chi connectivity index (χ0n) is 12.0. The van der Waals surface area contributed by atoms with Gasteiger partial charge in [0.15, 0.2) is 0 Å². The van der Waals surface area contributed by atoms with Crippen LogP contribution in [0.3, 0.4) is 0 Å². The number of carbonyl (C=O) groups excluding carboxylic acids is 1. The lowest BCUT2D eigenvalue weighted by Gasteiger charge is -2.09. The molecule has 1 heterocycles. The molecule has 0 bridgehead atoms. The molecule has 3 heteroatoms. The van der Waals surface area contributed by atoms with Crippen LogP contribution in [0.2, 0.25) is 0 Å². The molecule has 0 N–H and O–H groups in total. The van der Waals surface area contributed by atoms with Crippen molar-refractivity contribution in [1.29, 1.82) is 0 Å². The Hall–Kier alpha value is -2.68. The summed E-state index contributed by atoms with van der Waals surface area (Å²) in [7, 11) is 0. The standard InChI is InChI=1S/C18H15NO2/c1-12-8-9-17-15(10-12)16(11-13(2)19-17)18(20)21-14-6-4-3-5-7-14/h3-11H,1-2H3. The second-order valence-corrected chi connectivity index (χ2v) is 5.03. The van der Waals surface area contributed by atoms with E-state index >= 15 is 0 Å². The first kappa shape index (κ1) is 13.3. The van der Waals surface area contributed by atoms with Crippen LogP contribution in [-0.2, 0) is 0 Å². The molecular weight excluding hydrogens is 262 g/mol. The largest absolute Gasteiger partial charge is 0.423 e. The Balaban J connectivity index is 2.06. The van der Waals surface area contributed by atoms with E-state index in [4.69, 9.17) is 4.74 Å². The van der Waals surface area contributed by atoms with E-state index in [1.807, 2.05) is 50.2 Å². The van der Waals surface area contributed by atoms with E-state index in [9.17, 15) is 4.79 Å².